The van der Waals surface area contributed by atoms with Crippen LogP contribution in [0.25, 0.3) is 0 Å². The number of aryl methyl sites for hydroxylation is 1. The molecule has 0 aliphatic heterocycles. The van der Waals surface area contributed by atoms with Crippen molar-refractivity contribution in [3.05, 3.63) is 53.2 Å². The van der Waals surface area contributed by atoms with Gasteiger partial charge in [0.05, 0.1) is 0 Å². The first-order chi connectivity index (χ1) is 12.0. The van der Waals surface area contributed by atoms with Crippen molar-refractivity contribution >= 4 is 11.7 Å². The summed E-state index contributed by atoms with van der Waals surface area (Å²) in [5.41, 5.74) is 0.835. The molecule has 0 saturated heterocycles. The van der Waals surface area contributed by atoms with Crippen LogP contribution in [0, 0.1) is 12.7 Å². The Morgan fingerprint density at radius 2 is 2.00 bits per heavy atom. The third kappa shape index (κ3) is 6.11. The quantitative estimate of drug-likeness (QED) is 0.718. The Labute approximate surface area is 147 Å². The second-order valence-corrected chi connectivity index (χ2v) is 6.04. The average Bonchev–Trinajstić information content (AvgIpc) is 2.57. The molecular formula is C18H24FN5O. The summed E-state index contributed by atoms with van der Waals surface area (Å²) in [6, 6.07) is 8.11. The van der Waals surface area contributed by atoms with Crippen molar-refractivity contribution in [1.82, 2.24) is 20.2 Å². The smallest absolute Gasteiger partial charge is 0.270 e. The van der Waals surface area contributed by atoms with Crippen molar-refractivity contribution in [3.63, 3.8) is 0 Å². The summed E-state index contributed by atoms with van der Waals surface area (Å²) >= 11 is 0. The monoisotopic (exact) mass is 345 g/mol. The van der Waals surface area contributed by atoms with Gasteiger partial charge in [0.1, 0.15) is 23.2 Å². The van der Waals surface area contributed by atoms with Crippen LogP contribution in [-0.4, -0.2) is 48.0 Å². The molecule has 7 heteroatoms. The zero-order valence-corrected chi connectivity index (χ0v) is 14.8. The molecule has 6 nitrogen and oxygen atoms in total. The fraction of sp³-hybridized carbons (Fsp3) is 0.389. The molecule has 2 rings (SSSR count). The van der Waals surface area contributed by atoms with Crippen LogP contribution in [0.1, 0.15) is 28.3 Å². The predicted octanol–water partition coefficient (Wildman–Crippen LogP) is 2.22. The van der Waals surface area contributed by atoms with E-state index in [4.69, 9.17) is 0 Å². The molecule has 0 radical (unpaired) electrons. The zero-order valence-electron chi connectivity index (χ0n) is 14.8. The summed E-state index contributed by atoms with van der Waals surface area (Å²) in [6.45, 7) is 3.49. The molecule has 1 amide bonds. The molecule has 0 aliphatic rings. The molecule has 0 aliphatic carbocycles. The molecule has 0 saturated carbocycles. The highest BCUT2D eigenvalue weighted by atomic mass is 19.1. The highest BCUT2D eigenvalue weighted by Crippen LogP contribution is 2.11. The Morgan fingerprint density at radius 3 is 2.72 bits per heavy atom. The number of rotatable bonds is 8. The van der Waals surface area contributed by atoms with Gasteiger partial charge in [-0.05, 0) is 40.1 Å². The Balaban J connectivity index is 1.97. The van der Waals surface area contributed by atoms with Crippen LogP contribution in [0.15, 0.2) is 30.3 Å². The van der Waals surface area contributed by atoms with Gasteiger partial charge < -0.3 is 15.5 Å². The van der Waals surface area contributed by atoms with Gasteiger partial charge in [-0.3, -0.25) is 4.79 Å². The first kappa shape index (κ1) is 18.8. The number of amides is 1. The minimum absolute atomic E-state index is 0.238. The Kier molecular flexibility index (Phi) is 6.82. The van der Waals surface area contributed by atoms with Crippen molar-refractivity contribution in [1.29, 1.82) is 0 Å². The highest BCUT2D eigenvalue weighted by Gasteiger charge is 2.10. The third-order valence-electron chi connectivity index (χ3n) is 3.56. The highest BCUT2D eigenvalue weighted by molar-refractivity contribution is 5.92. The Bertz CT molecular complexity index is 720. The largest absolute Gasteiger partial charge is 0.366 e. The number of aromatic nitrogens is 2. The Hall–Kier alpha value is -2.54. The lowest BCUT2D eigenvalue weighted by molar-refractivity contribution is 0.0947. The fourth-order valence-electron chi connectivity index (χ4n) is 2.29. The van der Waals surface area contributed by atoms with E-state index in [1.165, 1.54) is 6.07 Å². The predicted molar refractivity (Wildman–Crippen MR) is 96.0 cm³/mol. The van der Waals surface area contributed by atoms with Crippen LogP contribution in [0.3, 0.4) is 0 Å². The van der Waals surface area contributed by atoms with E-state index in [9.17, 15) is 9.18 Å². The molecule has 0 spiro atoms. The van der Waals surface area contributed by atoms with E-state index < -0.39 is 0 Å². The van der Waals surface area contributed by atoms with E-state index in [1.807, 2.05) is 14.1 Å². The maximum absolute atomic E-state index is 13.7. The number of nitrogens with zero attached hydrogens (tertiary/aromatic N) is 3. The molecule has 2 aromatic rings. The van der Waals surface area contributed by atoms with Crippen LogP contribution in [0.5, 0.6) is 0 Å². The van der Waals surface area contributed by atoms with E-state index in [-0.39, 0.29) is 18.3 Å². The zero-order chi connectivity index (χ0) is 18.2. The molecule has 0 unspecified atom stereocenters. The lowest BCUT2D eigenvalue weighted by atomic mass is 10.2. The SMILES string of the molecule is Cc1nc(NCc2ccccc2F)cc(C(=O)NCCCN(C)C)n1. The number of hydrogen-bond donors (Lipinski definition) is 2. The van der Waals surface area contributed by atoms with Gasteiger partial charge in [-0.1, -0.05) is 18.2 Å². The van der Waals surface area contributed by atoms with E-state index in [0.717, 1.165) is 13.0 Å². The number of halogens is 1. The Morgan fingerprint density at radius 1 is 1.24 bits per heavy atom. The van der Waals surface area contributed by atoms with Crippen LogP contribution in [-0.2, 0) is 6.54 Å². The number of nitrogens with one attached hydrogen (secondary N) is 2. The molecule has 0 fully saturated rings. The number of carbonyl (C=O) groups is 1. The molecule has 0 bridgehead atoms. The van der Waals surface area contributed by atoms with Gasteiger partial charge in [0.15, 0.2) is 0 Å². The second-order valence-electron chi connectivity index (χ2n) is 6.04. The van der Waals surface area contributed by atoms with Gasteiger partial charge >= 0.3 is 0 Å². The molecular weight excluding hydrogens is 321 g/mol. The van der Waals surface area contributed by atoms with Crippen molar-refractivity contribution < 1.29 is 9.18 Å². The fourth-order valence-corrected chi connectivity index (χ4v) is 2.29. The summed E-state index contributed by atoms with van der Waals surface area (Å²) in [4.78, 5) is 22.7. The van der Waals surface area contributed by atoms with Crippen LogP contribution < -0.4 is 10.6 Å². The summed E-state index contributed by atoms with van der Waals surface area (Å²) in [6.07, 6.45) is 0.862. The molecule has 2 N–H and O–H groups in total. The van der Waals surface area contributed by atoms with E-state index >= 15 is 0 Å². The third-order valence-corrected chi connectivity index (χ3v) is 3.56. The first-order valence-electron chi connectivity index (χ1n) is 8.21. The second kappa shape index (κ2) is 9.08. The summed E-state index contributed by atoms with van der Waals surface area (Å²) in [7, 11) is 3.98. The van der Waals surface area contributed by atoms with Crippen LogP contribution in [0.2, 0.25) is 0 Å². The molecule has 25 heavy (non-hydrogen) atoms. The van der Waals surface area contributed by atoms with Gasteiger partial charge in [0.2, 0.25) is 0 Å². The lowest BCUT2D eigenvalue weighted by Crippen LogP contribution is -2.28. The van der Waals surface area contributed by atoms with Crippen molar-refractivity contribution in [3.8, 4) is 0 Å². The van der Waals surface area contributed by atoms with Crippen molar-refractivity contribution in [2.24, 2.45) is 0 Å². The summed E-state index contributed by atoms with van der Waals surface area (Å²) in [5, 5.41) is 5.89. The van der Waals surface area contributed by atoms with E-state index in [0.29, 0.717) is 29.4 Å². The van der Waals surface area contributed by atoms with E-state index in [1.54, 1.807) is 31.2 Å². The van der Waals surface area contributed by atoms with Gasteiger partial charge in [-0.2, -0.15) is 0 Å². The number of hydrogen-bond acceptors (Lipinski definition) is 5. The maximum Gasteiger partial charge on any atom is 0.270 e. The minimum atomic E-state index is -0.278. The standard InChI is InChI=1S/C18H24FN5O/c1-13-22-16(18(25)20-9-6-10-24(2)3)11-17(23-13)21-12-14-7-4-5-8-15(14)19/h4-5,7-8,11H,6,9-10,12H2,1-3H3,(H,20,25)(H,21,22,23). The van der Waals surface area contributed by atoms with Crippen LogP contribution in [0.4, 0.5) is 10.2 Å². The molecule has 1 heterocycles. The molecule has 1 aromatic carbocycles. The van der Waals surface area contributed by atoms with Gasteiger partial charge in [-0.25, -0.2) is 14.4 Å². The van der Waals surface area contributed by atoms with Crippen molar-refractivity contribution in [2.45, 2.75) is 19.9 Å². The topological polar surface area (TPSA) is 70.2 Å². The van der Waals surface area contributed by atoms with Gasteiger partial charge in [-0.15, -0.1) is 0 Å². The summed E-state index contributed by atoms with van der Waals surface area (Å²) < 4.78 is 13.7. The normalized spacial score (nSPS) is 10.8. The average molecular weight is 345 g/mol. The van der Waals surface area contributed by atoms with E-state index in [2.05, 4.69) is 25.5 Å². The van der Waals surface area contributed by atoms with Crippen molar-refractivity contribution in [2.75, 3.05) is 32.5 Å². The molecule has 1 aromatic heterocycles. The number of anilines is 1. The maximum atomic E-state index is 13.7. The minimum Gasteiger partial charge on any atom is -0.366 e. The first-order valence-corrected chi connectivity index (χ1v) is 8.21. The van der Waals surface area contributed by atoms with Crippen LogP contribution >= 0.6 is 0 Å². The number of benzene rings is 1. The summed E-state index contributed by atoms with van der Waals surface area (Å²) in [5.74, 6) is 0.462. The molecule has 0 atom stereocenters. The molecule has 134 valence electrons. The lowest BCUT2D eigenvalue weighted by Gasteiger charge is -2.11. The van der Waals surface area contributed by atoms with Gasteiger partial charge in [0, 0.05) is 24.7 Å². The van der Waals surface area contributed by atoms with Gasteiger partial charge in [0.25, 0.3) is 5.91 Å². The number of carbonyl (C=O) groups excluding carboxylic acids is 1.